The third kappa shape index (κ3) is 9.26. The molecule has 2 aromatic heterocycles. The van der Waals surface area contributed by atoms with Gasteiger partial charge in [0.15, 0.2) is 5.82 Å². The average Bonchev–Trinajstić information content (AvgIpc) is 3.32. The number of fused-ring (bicyclic) bond motifs is 3. The van der Waals surface area contributed by atoms with Crippen molar-refractivity contribution in [3.05, 3.63) is 53.3 Å². The van der Waals surface area contributed by atoms with Gasteiger partial charge in [-0.2, -0.15) is 0 Å². The smallest absolute Gasteiger partial charge is 0.404 e. The number of hydrogen-bond donors (Lipinski definition) is 6. The fourth-order valence-corrected chi connectivity index (χ4v) is 5.52. The van der Waals surface area contributed by atoms with Crippen LogP contribution in [-0.4, -0.2) is 59.8 Å². The largest absolute Gasteiger partial charge is 0.524 e. The van der Waals surface area contributed by atoms with E-state index < -0.39 is 21.6 Å². The van der Waals surface area contributed by atoms with Crippen LogP contribution in [0.1, 0.15) is 36.7 Å². The number of phosphoric ester groups is 2. The zero-order valence-electron chi connectivity index (χ0n) is 24.3. The van der Waals surface area contributed by atoms with Crippen molar-refractivity contribution in [1.82, 2.24) is 19.9 Å². The molecule has 0 unspecified atom stereocenters. The van der Waals surface area contributed by atoms with E-state index in [-0.39, 0.29) is 42.6 Å². The predicted molar refractivity (Wildman–Crippen MR) is 165 cm³/mol. The minimum absolute atomic E-state index is 0.0709. The summed E-state index contributed by atoms with van der Waals surface area (Å²) in [5.41, 5.74) is 9.02. The average molecular weight is 662 g/mol. The molecule has 0 saturated heterocycles. The van der Waals surface area contributed by atoms with Crippen molar-refractivity contribution in [2.75, 3.05) is 25.5 Å². The predicted octanol–water partition coefficient (Wildman–Crippen LogP) is 2.81. The summed E-state index contributed by atoms with van der Waals surface area (Å²) in [5.74, 6) is 1.80. The molecule has 45 heavy (non-hydrogen) atoms. The highest BCUT2D eigenvalue weighted by molar-refractivity contribution is 7.47. The maximum Gasteiger partial charge on any atom is 0.524 e. The molecule has 2 heterocycles. The molecule has 0 bridgehead atoms. The first-order valence-electron chi connectivity index (χ1n) is 13.8. The van der Waals surface area contributed by atoms with E-state index in [0.29, 0.717) is 47.2 Å². The van der Waals surface area contributed by atoms with Crippen molar-refractivity contribution in [3.63, 3.8) is 0 Å². The Morgan fingerprint density at radius 2 is 1.80 bits per heavy atom. The number of amides is 1. The lowest BCUT2D eigenvalue weighted by Gasteiger charge is -2.17. The molecule has 0 radical (unpaired) electrons. The number of carbonyl (C=O) groups excluding carboxylic acids is 1. The number of phosphoric acid groups is 2. The van der Waals surface area contributed by atoms with E-state index in [1.165, 1.54) is 6.07 Å². The molecular weight excluding hydrogens is 628 g/mol. The summed E-state index contributed by atoms with van der Waals surface area (Å²) in [7, 11) is -9.95. The number of benzene rings is 2. The number of anilines is 1. The van der Waals surface area contributed by atoms with Gasteiger partial charge in [0.2, 0.25) is 0 Å². The Morgan fingerprint density at radius 1 is 1.04 bits per heavy atom. The van der Waals surface area contributed by atoms with Crippen LogP contribution in [0.4, 0.5) is 5.82 Å². The molecule has 0 aliphatic heterocycles. The number of rotatable bonds is 15. The summed E-state index contributed by atoms with van der Waals surface area (Å²) in [6, 6.07) is 9.16. The van der Waals surface area contributed by atoms with E-state index in [1.54, 1.807) is 0 Å². The zero-order valence-corrected chi connectivity index (χ0v) is 26.0. The number of nitrogens with zero attached hydrogens (tertiary/aromatic N) is 3. The number of nitrogens with one attached hydrogen (secondary N) is 1. The molecule has 0 spiro atoms. The molecule has 0 fully saturated rings. The lowest BCUT2D eigenvalue weighted by molar-refractivity contribution is -0.115. The molecule has 4 rings (SSSR count). The van der Waals surface area contributed by atoms with E-state index in [0.717, 1.165) is 30.5 Å². The molecule has 4 aromatic rings. The van der Waals surface area contributed by atoms with Gasteiger partial charge in [0.05, 0.1) is 30.8 Å². The fraction of sp³-hybridized carbons (Fsp3) is 0.321. The zero-order chi connectivity index (χ0) is 32.8. The standard InChI is InChI=1S/C28H33N5O10P2/c1-3-5-6-24-32-26-27(33(24)17-19-16-20(42-44(35,36)37)8-10-23(19)43-45(38,39)40)21-15-18(7-9-22(21)31-28(26)29)11-13-41-14-12-30-25(34)4-2/h2,7-10,15-16H,3,5-6,11-14,17H2,1H3,(H2,29,31)(H,30,34)(H2,35,36,37)(H2,38,39,40). The molecule has 0 aliphatic carbocycles. The number of aromatic nitrogens is 3. The van der Waals surface area contributed by atoms with Crippen LogP contribution in [0.2, 0.25) is 0 Å². The number of imidazole rings is 1. The molecule has 15 nitrogen and oxygen atoms in total. The Hall–Kier alpha value is -3.99. The maximum absolute atomic E-state index is 11.8. The van der Waals surface area contributed by atoms with E-state index in [4.69, 9.17) is 30.9 Å². The summed E-state index contributed by atoms with van der Waals surface area (Å²) in [6.45, 7) is 2.86. The molecule has 17 heteroatoms. The Labute approximate surface area is 258 Å². The lowest BCUT2D eigenvalue weighted by Crippen LogP contribution is -2.25. The number of hydrogen-bond acceptors (Lipinski definition) is 9. The van der Waals surface area contributed by atoms with Gasteiger partial charge in [-0.05, 0) is 54.7 Å². The molecule has 0 aliphatic rings. The summed E-state index contributed by atoms with van der Waals surface area (Å²) in [4.78, 5) is 58.2. The van der Waals surface area contributed by atoms with Gasteiger partial charge in [-0.3, -0.25) is 24.4 Å². The van der Waals surface area contributed by atoms with Crippen LogP contribution in [0.5, 0.6) is 11.5 Å². The lowest BCUT2D eigenvalue weighted by atomic mass is 10.1. The van der Waals surface area contributed by atoms with E-state index in [9.17, 15) is 33.5 Å². The molecule has 7 N–H and O–H groups in total. The summed E-state index contributed by atoms with van der Waals surface area (Å²) < 4.78 is 40.4. The van der Waals surface area contributed by atoms with Crippen LogP contribution in [0, 0.1) is 12.3 Å². The van der Waals surface area contributed by atoms with Gasteiger partial charge in [-0.15, -0.1) is 6.42 Å². The van der Waals surface area contributed by atoms with Crippen molar-refractivity contribution >= 4 is 49.3 Å². The SMILES string of the molecule is C#CC(=O)NCCOCCc1ccc2nc(N)c3nc(CCCC)n(Cc4cc(OP(=O)(O)O)ccc4OP(=O)(O)O)c3c2c1. The minimum atomic E-state index is -5.01. The van der Waals surface area contributed by atoms with E-state index in [1.807, 2.05) is 35.6 Å². The Balaban J connectivity index is 1.78. The number of carbonyl (C=O) groups is 1. The van der Waals surface area contributed by atoms with E-state index in [2.05, 4.69) is 10.3 Å². The Morgan fingerprint density at radius 3 is 2.49 bits per heavy atom. The van der Waals surface area contributed by atoms with Gasteiger partial charge in [0, 0.05) is 23.9 Å². The number of unbranched alkanes of at least 4 members (excludes halogenated alkanes) is 1. The molecular formula is C28H33N5O10P2. The van der Waals surface area contributed by atoms with Crippen molar-refractivity contribution in [2.24, 2.45) is 0 Å². The van der Waals surface area contributed by atoms with Crippen LogP contribution in [0.3, 0.4) is 0 Å². The van der Waals surface area contributed by atoms with Crippen molar-refractivity contribution in [1.29, 1.82) is 0 Å². The summed E-state index contributed by atoms with van der Waals surface area (Å²) in [6.07, 6.45) is 7.71. The second-order valence-electron chi connectivity index (χ2n) is 9.96. The number of ether oxygens (including phenoxy) is 1. The fourth-order valence-electron chi connectivity index (χ4n) is 4.70. The first-order chi connectivity index (χ1) is 21.3. The Kier molecular flexibility index (Phi) is 10.9. The second-order valence-corrected chi connectivity index (χ2v) is 12.3. The molecule has 0 saturated carbocycles. The number of aryl methyl sites for hydroxylation is 1. The normalized spacial score (nSPS) is 11.9. The monoisotopic (exact) mass is 661 g/mol. The molecule has 0 atom stereocenters. The Bertz CT molecular complexity index is 1840. The van der Waals surface area contributed by atoms with Gasteiger partial charge < -0.3 is 29.4 Å². The summed E-state index contributed by atoms with van der Waals surface area (Å²) >= 11 is 0. The van der Waals surface area contributed by atoms with Crippen LogP contribution in [0.15, 0.2) is 36.4 Å². The first kappa shape index (κ1) is 33.9. The third-order valence-electron chi connectivity index (χ3n) is 6.60. The van der Waals surface area contributed by atoms with Gasteiger partial charge in [0.25, 0.3) is 5.91 Å². The van der Waals surface area contributed by atoms with Crippen LogP contribution < -0.4 is 20.1 Å². The van der Waals surface area contributed by atoms with E-state index >= 15 is 0 Å². The molecule has 1 amide bonds. The maximum atomic E-state index is 11.8. The highest BCUT2D eigenvalue weighted by Gasteiger charge is 2.24. The number of pyridine rings is 1. The minimum Gasteiger partial charge on any atom is -0.404 e. The van der Waals surface area contributed by atoms with Gasteiger partial charge in [-0.25, -0.2) is 19.1 Å². The van der Waals surface area contributed by atoms with Crippen LogP contribution in [-0.2, 0) is 38.0 Å². The highest BCUT2D eigenvalue weighted by Crippen LogP contribution is 2.43. The number of nitrogens with two attached hydrogens (primary N) is 1. The van der Waals surface area contributed by atoms with Gasteiger partial charge in [-0.1, -0.05) is 19.4 Å². The summed E-state index contributed by atoms with van der Waals surface area (Å²) in [5, 5.41) is 3.23. The van der Waals surface area contributed by atoms with Crippen molar-refractivity contribution < 1.29 is 47.3 Å². The third-order valence-corrected chi connectivity index (χ3v) is 7.48. The van der Waals surface area contributed by atoms with Crippen molar-refractivity contribution in [3.8, 4) is 23.8 Å². The van der Waals surface area contributed by atoms with Gasteiger partial charge in [0.1, 0.15) is 22.8 Å². The highest BCUT2D eigenvalue weighted by atomic mass is 31.2. The molecule has 240 valence electrons. The number of nitrogen functional groups attached to an aromatic ring is 1. The number of terminal acetylenes is 1. The topological polar surface area (TPSA) is 229 Å². The second kappa shape index (κ2) is 14.4. The quantitative estimate of drug-likeness (QED) is 0.0613. The van der Waals surface area contributed by atoms with Crippen LogP contribution in [0.25, 0.3) is 21.9 Å². The van der Waals surface area contributed by atoms with Crippen molar-refractivity contribution in [2.45, 2.75) is 39.2 Å². The molecule has 2 aromatic carbocycles. The van der Waals surface area contributed by atoms with Gasteiger partial charge >= 0.3 is 15.6 Å². The van der Waals surface area contributed by atoms with Crippen LogP contribution >= 0.6 is 15.6 Å². The first-order valence-corrected chi connectivity index (χ1v) is 16.9.